The number of urea groups is 1. The summed E-state index contributed by atoms with van der Waals surface area (Å²) in [5, 5.41) is 8.47. The molecule has 1 aliphatic carbocycles. The van der Waals surface area contributed by atoms with Gasteiger partial charge < -0.3 is 20.7 Å². The summed E-state index contributed by atoms with van der Waals surface area (Å²) < 4.78 is 4.98. The standard InChI is InChI=1S/C36H32N4O5S3/c1-21-30(35(43)45-3)34(48-31(21)33(42)37-23-12-5-4-6-13-23)39-32(41)22(2)46-25-15-11-14-24(20-25)38-36(44)40-26-16-7-9-18-28(26)47-29-19-10-8-17-27(29)40/h4-20,22,26,28H,1-3H3,(H,37,42)(H,38,44)(H,39,41). The van der Waals surface area contributed by atoms with Crippen LogP contribution >= 0.6 is 34.9 Å². The quantitative estimate of drug-likeness (QED) is 0.126. The largest absolute Gasteiger partial charge is 0.465 e. The van der Waals surface area contributed by atoms with Crippen LogP contribution in [0.1, 0.15) is 32.5 Å². The number of benzene rings is 3. The first-order valence-corrected chi connectivity index (χ1v) is 17.7. The Labute approximate surface area is 290 Å². The van der Waals surface area contributed by atoms with Gasteiger partial charge in [0, 0.05) is 21.2 Å². The SMILES string of the molecule is COC(=O)c1c(NC(=O)C(C)Sc2cccc(NC(=O)N3c4ccccc4SC4C=CC=CC43)c2)sc(C(=O)Nc2ccccc2)c1C. The van der Waals surface area contributed by atoms with Gasteiger partial charge >= 0.3 is 12.0 Å². The molecule has 244 valence electrons. The zero-order chi connectivity index (χ0) is 33.8. The summed E-state index contributed by atoms with van der Waals surface area (Å²) in [6.45, 7) is 3.40. The van der Waals surface area contributed by atoms with E-state index in [1.54, 1.807) is 54.8 Å². The van der Waals surface area contributed by atoms with Crippen LogP contribution in [-0.2, 0) is 9.53 Å². The zero-order valence-corrected chi connectivity index (χ0v) is 28.7. The number of carbonyl (C=O) groups is 4. The van der Waals surface area contributed by atoms with Crippen molar-refractivity contribution in [2.24, 2.45) is 0 Å². The van der Waals surface area contributed by atoms with Crippen molar-refractivity contribution in [2.75, 3.05) is 28.0 Å². The van der Waals surface area contributed by atoms with Crippen molar-refractivity contribution in [2.45, 2.75) is 40.2 Å². The monoisotopic (exact) mass is 696 g/mol. The van der Waals surface area contributed by atoms with Crippen LogP contribution in [0.2, 0.25) is 0 Å². The Hall–Kier alpha value is -4.78. The maximum atomic E-state index is 13.7. The van der Waals surface area contributed by atoms with E-state index in [2.05, 4.69) is 22.0 Å². The van der Waals surface area contributed by atoms with Gasteiger partial charge in [-0.05, 0) is 61.9 Å². The number of fused-ring (bicyclic) bond motifs is 2. The van der Waals surface area contributed by atoms with E-state index in [0.717, 1.165) is 26.8 Å². The third-order valence-electron chi connectivity index (χ3n) is 7.74. The summed E-state index contributed by atoms with van der Waals surface area (Å²) in [6.07, 6.45) is 8.12. The molecular formula is C36H32N4O5S3. The van der Waals surface area contributed by atoms with Gasteiger partial charge in [0.2, 0.25) is 5.91 Å². The van der Waals surface area contributed by atoms with E-state index in [4.69, 9.17) is 4.74 Å². The normalized spacial score (nSPS) is 16.7. The van der Waals surface area contributed by atoms with Crippen LogP contribution < -0.4 is 20.9 Å². The van der Waals surface area contributed by atoms with Crippen LogP contribution in [0.15, 0.2) is 113 Å². The van der Waals surface area contributed by atoms with Crippen LogP contribution in [0, 0.1) is 6.92 Å². The van der Waals surface area contributed by atoms with E-state index < -0.39 is 17.1 Å². The van der Waals surface area contributed by atoms with E-state index in [1.807, 2.05) is 72.8 Å². The molecule has 3 atom stereocenters. The lowest BCUT2D eigenvalue weighted by Crippen LogP contribution is -2.49. The number of thiophene rings is 1. The highest BCUT2D eigenvalue weighted by molar-refractivity contribution is 8.00. The van der Waals surface area contributed by atoms with Gasteiger partial charge in [0.05, 0.1) is 39.8 Å². The molecule has 0 fully saturated rings. The topological polar surface area (TPSA) is 117 Å². The number of hydrogen-bond acceptors (Lipinski definition) is 8. The van der Waals surface area contributed by atoms with Gasteiger partial charge in [-0.15, -0.1) is 34.9 Å². The van der Waals surface area contributed by atoms with E-state index in [9.17, 15) is 19.2 Å². The zero-order valence-electron chi connectivity index (χ0n) is 26.3. The van der Waals surface area contributed by atoms with Gasteiger partial charge in [0.1, 0.15) is 5.00 Å². The molecule has 1 aromatic heterocycles. The number of hydrogen-bond donors (Lipinski definition) is 3. The van der Waals surface area contributed by atoms with Gasteiger partial charge in [0.15, 0.2) is 0 Å². The maximum absolute atomic E-state index is 13.7. The van der Waals surface area contributed by atoms with Gasteiger partial charge in [0.25, 0.3) is 5.91 Å². The Morgan fingerprint density at radius 2 is 1.60 bits per heavy atom. The van der Waals surface area contributed by atoms with Gasteiger partial charge in [-0.1, -0.05) is 60.7 Å². The van der Waals surface area contributed by atoms with Crippen molar-refractivity contribution in [1.82, 2.24) is 0 Å². The Morgan fingerprint density at radius 3 is 2.40 bits per heavy atom. The van der Waals surface area contributed by atoms with Crippen molar-refractivity contribution >= 4 is 80.7 Å². The average Bonchev–Trinajstić information content (AvgIpc) is 3.42. The van der Waals surface area contributed by atoms with Crippen LogP contribution in [0.5, 0.6) is 0 Å². The summed E-state index contributed by atoms with van der Waals surface area (Å²) in [7, 11) is 1.25. The Bertz CT molecular complexity index is 1940. The molecule has 0 radical (unpaired) electrons. The molecule has 4 amide bonds. The minimum Gasteiger partial charge on any atom is -0.465 e. The maximum Gasteiger partial charge on any atom is 0.341 e. The lowest BCUT2D eigenvalue weighted by atomic mass is 10.1. The fraction of sp³-hybridized carbons (Fsp3) is 0.167. The molecule has 0 saturated carbocycles. The van der Waals surface area contributed by atoms with E-state index in [1.165, 1.54) is 18.9 Å². The molecule has 9 nitrogen and oxygen atoms in total. The second-order valence-electron chi connectivity index (χ2n) is 11.0. The minimum atomic E-state index is -0.650. The smallest absolute Gasteiger partial charge is 0.341 e. The number of anilines is 4. The summed E-state index contributed by atoms with van der Waals surface area (Å²) in [4.78, 5) is 56.9. The fourth-order valence-corrected chi connectivity index (χ4v) is 8.68. The molecule has 1 aliphatic heterocycles. The number of allylic oxidation sites excluding steroid dienone is 2. The summed E-state index contributed by atoms with van der Waals surface area (Å²) in [6, 6.07) is 23.8. The third kappa shape index (κ3) is 7.05. The number of nitrogens with one attached hydrogen (secondary N) is 3. The van der Waals surface area contributed by atoms with Gasteiger partial charge in [-0.3, -0.25) is 14.5 Å². The molecule has 3 unspecified atom stereocenters. The second kappa shape index (κ2) is 14.5. The molecular weight excluding hydrogens is 665 g/mol. The number of methoxy groups -OCH3 is 1. The van der Waals surface area contributed by atoms with Crippen LogP contribution in [0.25, 0.3) is 0 Å². The highest BCUT2D eigenvalue weighted by Crippen LogP contribution is 2.44. The van der Waals surface area contributed by atoms with Crippen LogP contribution in [0.3, 0.4) is 0 Å². The number of nitrogens with zero attached hydrogens (tertiary/aromatic N) is 1. The first kappa shape index (κ1) is 33.1. The summed E-state index contributed by atoms with van der Waals surface area (Å²) >= 11 is 4.06. The fourth-order valence-electron chi connectivity index (χ4n) is 5.40. The highest BCUT2D eigenvalue weighted by atomic mass is 32.2. The molecule has 3 aromatic carbocycles. The molecule has 3 N–H and O–H groups in total. The Kier molecular flexibility index (Phi) is 10.0. The highest BCUT2D eigenvalue weighted by Gasteiger charge is 2.36. The van der Waals surface area contributed by atoms with E-state index >= 15 is 0 Å². The average molecular weight is 697 g/mol. The van der Waals surface area contributed by atoms with Crippen molar-refractivity contribution < 1.29 is 23.9 Å². The van der Waals surface area contributed by atoms with Crippen molar-refractivity contribution in [3.05, 3.63) is 119 Å². The van der Waals surface area contributed by atoms with E-state index in [-0.39, 0.29) is 33.8 Å². The van der Waals surface area contributed by atoms with Crippen molar-refractivity contribution in [3.8, 4) is 0 Å². The molecule has 2 heterocycles. The summed E-state index contributed by atoms with van der Waals surface area (Å²) in [5.74, 6) is -1.40. The lowest BCUT2D eigenvalue weighted by Gasteiger charge is -2.40. The lowest BCUT2D eigenvalue weighted by molar-refractivity contribution is -0.115. The van der Waals surface area contributed by atoms with Gasteiger partial charge in [-0.2, -0.15) is 0 Å². The number of amides is 4. The molecule has 12 heteroatoms. The Morgan fingerprint density at radius 1 is 0.875 bits per heavy atom. The van der Waals surface area contributed by atoms with Crippen molar-refractivity contribution in [3.63, 3.8) is 0 Å². The first-order valence-electron chi connectivity index (χ1n) is 15.1. The molecule has 48 heavy (non-hydrogen) atoms. The number of para-hydroxylation sites is 2. The van der Waals surface area contributed by atoms with Crippen LogP contribution in [-0.4, -0.2) is 47.5 Å². The second-order valence-corrected chi connectivity index (χ2v) is 14.6. The molecule has 0 saturated heterocycles. The molecule has 2 aliphatic rings. The molecule has 0 spiro atoms. The third-order valence-corrected chi connectivity index (χ3v) is 11.3. The molecule has 6 rings (SSSR count). The predicted octanol–water partition coefficient (Wildman–Crippen LogP) is 8.22. The number of thioether (sulfide) groups is 2. The van der Waals surface area contributed by atoms with E-state index in [0.29, 0.717) is 21.8 Å². The number of esters is 1. The minimum absolute atomic E-state index is 0.109. The van der Waals surface area contributed by atoms with Gasteiger partial charge in [-0.25, -0.2) is 9.59 Å². The number of rotatable bonds is 8. The summed E-state index contributed by atoms with van der Waals surface area (Å²) in [5.41, 5.74) is 2.61. The molecule has 0 bridgehead atoms. The Balaban J connectivity index is 1.15. The predicted molar refractivity (Wildman–Crippen MR) is 195 cm³/mol. The number of ether oxygens (including phenoxy) is 1. The number of carbonyl (C=O) groups excluding carboxylic acids is 4. The molecule has 4 aromatic rings. The van der Waals surface area contributed by atoms with Crippen molar-refractivity contribution in [1.29, 1.82) is 0 Å². The first-order chi connectivity index (χ1) is 23.2. The van der Waals surface area contributed by atoms with Crippen LogP contribution in [0.4, 0.5) is 26.9 Å².